The normalized spacial score (nSPS) is 19.3. The second-order valence-electron chi connectivity index (χ2n) is 11.4. The lowest BCUT2D eigenvalue weighted by molar-refractivity contribution is -0.139. The molecule has 0 radical (unpaired) electrons. The molecule has 2 heterocycles. The van der Waals surface area contributed by atoms with Crippen LogP contribution in [0.5, 0.6) is 11.5 Å². The van der Waals surface area contributed by atoms with Crippen LogP contribution in [0.2, 0.25) is 0 Å². The van der Waals surface area contributed by atoms with Gasteiger partial charge in [0, 0.05) is 38.1 Å². The van der Waals surface area contributed by atoms with Crippen LogP contribution in [-0.2, 0) is 32.3 Å². The summed E-state index contributed by atoms with van der Waals surface area (Å²) in [5.74, 6) is 1.01. The van der Waals surface area contributed by atoms with Gasteiger partial charge in [0.05, 0.1) is 24.4 Å². The molecule has 2 aliphatic rings. The van der Waals surface area contributed by atoms with Gasteiger partial charge in [-0.25, -0.2) is 13.4 Å². The van der Waals surface area contributed by atoms with Crippen molar-refractivity contribution in [2.24, 2.45) is 4.99 Å². The number of amides is 1. The molecule has 0 unspecified atom stereocenters. The minimum Gasteiger partial charge on any atom is -0.497 e. The summed E-state index contributed by atoms with van der Waals surface area (Å²) in [7, 11) is -2.07. The Morgan fingerprint density at radius 2 is 1.67 bits per heavy atom. The highest BCUT2D eigenvalue weighted by Crippen LogP contribution is 2.46. The molecule has 10 heteroatoms. The number of hydrogen-bond acceptors (Lipinski definition) is 8. The largest absolute Gasteiger partial charge is 0.497 e. The summed E-state index contributed by atoms with van der Waals surface area (Å²) in [6.45, 7) is 0.666. The monoisotopic (exact) mass is 640 g/mol. The van der Waals surface area contributed by atoms with Crippen molar-refractivity contribution in [3.05, 3.63) is 125 Å². The Hall–Kier alpha value is -4.67. The zero-order valence-electron chi connectivity index (χ0n) is 25.5. The van der Waals surface area contributed by atoms with Crippen LogP contribution >= 0.6 is 0 Å². The molecule has 4 aromatic rings. The number of methoxy groups -OCH3 is 1. The lowest BCUT2D eigenvalue weighted by Crippen LogP contribution is -2.50. The minimum atomic E-state index is -3.65. The summed E-state index contributed by atoms with van der Waals surface area (Å²) in [6.07, 6.45) is -0.0304. The van der Waals surface area contributed by atoms with Crippen molar-refractivity contribution < 1.29 is 32.5 Å². The van der Waals surface area contributed by atoms with Crippen LogP contribution in [0.3, 0.4) is 0 Å². The topological polar surface area (TPSA) is 115 Å². The molecular weight excluding hydrogens is 604 g/mol. The first-order valence-electron chi connectivity index (χ1n) is 15.2. The summed E-state index contributed by atoms with van der Waals surface area (Å²) in [6, 6.07) is 30.8. The van der Waals surface area contributed by atoms with Crippen molar-refractivity contribution >= 4 is 21.6 Å². The minimum absolute atomic E-state index is 0.0122. The van der Waals surface area contributed by atoms with E-state index in [0.717, 1.165) is 11.1 Å². The van der Waals surface area contributed by atoms with Crippen LogP contribution in [0.15, 0.2) is 113 Å². The standard InChI is InChI=1S/C36H36N2O7S/c1-43-31-12-7-11-27(23-31)33-36(37-34(45-33)26-15-17-30(18-16-26)44-21-8-20-39)24-28-9-5-6-10-29(28)25-38(35(36)40)19-22-46(41,42)32-13-3-2-4-14-32/h2-7,9-18,23,33,39H,8,19-22,24-25H2,1H3/t33-,36-/m0/s1. The number of fused-ring (bicyclic) bond motifs is 1. The number of nitrogens with zero attached hydrogens (tertiary/aromatic N) is 2. The maximum absolute atomic E-state index is 14.9. The number of benzene rings is 4. The van der Waals surface area contributed by atoms with Gasteiger partial charge in [0.25, 0.3) is 5.91 Å². The predicted octanol–water partition coefficient (Wildman–Crippen LogP) is 4.77. The van der Waals surface area contributed by atoms with Crippen molar-refractivity contribution in [3.63, 3.8) is 0 Å². The van der Waals surface area contributed by atoms with Gasteiger partial charge in [0.15, 0.2) is 21.5 Å². The van der Waals surface area contributed by atoms with Gasteiger partial charge in [-0.2, -0.15) is 0 Å². The van der Waals surface area contributed by atoms with Gasteiger partial charge in [-0.15, -0.1) is 0 Å². The van der Waals surface area contributed by atoms with Crippen LogP contribution in [0.1, 0.15) is 34.8 Å². The third-order valence-electron chi connectivity index (χ3n) is 8.36. The zero-order valence-corrected chi connectivity index (χ0v) is 26.4. The Morgan fingerprint density at radius 1 is 0.935 bits per heavy atom. The molecule has 1 amide bonds. The van der Waals surface area contributed by atoms with Gasteiger partial charge in [0.1, 0.15) is 11.5 Å². The number of hydrogen-bond donors (Lipinski definition) is 1. The van der Waals surface area contributed by atoms with E-state index >= 15 is 0 Å². The summed E-state index contributed by atoms with van der Waals surface area (Å²) in [4.78, 5) is 21.8. The second-order valence-corrected chi connectivity index (χ2v) is 13.5. The first kappa shape index (κ1) is 31.3. The lowest BCUT2D eigenvalue weighted by atomic mass is 9.82. The van der Waals surface area contributed by atoms with Gasteiger partial charge in [-0.05, 0) is 65.2 Å². The molecule has 0 saturated carbocycles. The van der Waals surface area contributed by atoms with Gasteiger partial charge in [-0.3, -0.25) is 4.79 Å². The molecule has 0 aliphatic carbocycles. The lowest BCUT2D eigenvalue weighted by Gasteiger charge is -2.33. The molecule has 9 nitrogen and oxygen atoms in total. The van der Waals surface area contributed by atoms with Crippen LogP contribution in [0.25, 0.3) is 0 Å². The van der Waals surface area contributed by atoms with E-state index in [1.807, 2.05) is 60.7 Å². The van der Waals surface area contributed by atoms with Crippen LogP contribution in [0.4, 0.5) is 0 Å². The Balaban J connectivity index is 1.42. The maximum Gasteiger partial charge on any atom is 0.255 e. The van der Waals surface area contributed by atoms with E-state index in [9.17, 15) is 13.2 Å². The summed E-state index contributed by atoms with van der Waals surface area (Å²) in [5, 5.41) is 9.07. The summed E-state index contributed by atoms with van der Waals surface area (Å²) in [5.41, 5.74) is 1.84. The van der Waals surface area contributed by atoms with Crippen molar-refractivity contribution in [1.29, 1.82) is 0 Å². The molecule has 6 rings (SSSR count). The van der Waals surface area contributed by atoms with Crippen LogP contribution in [-0.4, -0.2) is 68.4 Å². The molecule has 238 valence electrons. The van der Waals surface area contributed by atoms with Crippen LogP contribution < -0.4 is 9.47 Å². The average molecular weight is 641 g/mol. The van der Waals surface area contributed by atoms with E-state index < -0.39 is 21.5 Å². The van der Waals surface area contributed by atoms with E-state index in [0.29, 0.717) is 41.6 Å². The van der Waals surface area contributed by atoms with Crippen molar-refractivity contribution in [2.75, 3.05) is 32.6 Å². The molecular formula is C36H36N2O7S. The van der Waals surface area contributed by atoms with E-state index in [2.05, 4.69) is 0 Å². The number of ether oxygens (including phenoxy) is 3. The maximum atomic E-state index is 14.9. The zero-order chi connectivity index (χ0) is 32.1. The quantitative estimate of drug-likeness (QED) is 0.235. The fraction of sp³-hybridized carbons (Fsp3) is 0.278. The molecule has 2 aliphatic heterocycles. The Morgan fingerprint density at radius 3 is 2.41 bits per heavy atom. The molecule has 46 heavy (non-hydrogen) atoms. The Kier molecular flexibility index (Phi) is 9.10. The summed E-state index contributed by atoms with van der Waals surface area (Å²) < 4.78 is 44.4. The predicted molar refractivity (Wildman–Crippen MR) is 174 cm³/mol. The first-order valence-corrected chi connectivity index (χ1v) is 16.9. The number of carbonyl (C=O) groups excluding carboxylic acids is 1. The number of aliphatic imine (C=N–C) groups is 1. The number of aliphatic hydroxyl groups excluding tert-OH is 1. The Bertz CT molecular complexity index is 1830. The molecule has 1 spiro atoms. The van der Waals surface area contributed by atoms with E-state index in [1.54, 1.807) is 54.5 Å². The van der Waals surface area contributed by atoms with E-state index in [1.165, 1.54) is 0 Å². The first-order chi connectivity index (χ1) is 22.3. The average Bonchev–Trinajstić information content (AvgIpc) is 3.42. The smallest absolute Gasteiger partial charge is 0.255 e. The highest BCUT2D eigenvalue weighted by atomic mass is 32.2. The fourth-order valence-corrected chi connectivity index (χ4v) is 7.22. The highest BCUT2D eigenvalue weighted by molar-refractivity contribution is 7.91. The third kappa shape index (κ3) is 6.36. The van der Waals surface area contributed by atoms with E-state index in [4.69, 9.17) is 24.3 Å². The Labute approximate surface area is 269 Å². The van der Waals surface area contributed by atoms with Crippen molar-refractivity contribution in [3.8, 4) is 11.5 Å². The van der Waals surface area contributed by atoms with Gasteiger partial charge < -0.3 is 24.2 Å². The molecule has 1 N–H and O–H groups in total. The molecule has 2 atom stereocenters. The molecule has 0 aromatic heterocycles. The van der Waals surface area contributed by atoms with E-state index in [-0.39, 0.29) is 42.7 Å². The SMILES string of the molecule is COc1cccc([C@@H]2OC(c3ccc(OCCCO)cc3)=N[C@@]23Cc2ccccc2CN(CCS(=O)(=O)c2ccccc2)C3=O)c1. The molecule has 0 bridgehead atoms. The highest BCUT2D eigenvalue weighted by Gasteiger charge is 2.56. The molecule has 0 saturated heterocycles. The number of sulfone groups is 1. The number of rotatable bonds is 11. The number of aliphatic hydroxyl groups is 1. The molecule has 4 aromatic carbocycles. The van der Waals surface area contributed by atoms with Gasteiger partial charge in [-0.1, -0.05) is 54.6 Å². The fourth-order valence-electron chi connectivity index (χ4n) is 5.95. The van der Waals surface area contributed by atoms with Gasteiger partial charge >= 0.3 is 0 Å². The van der Waals surface area contributed by atoms with Crippen molar-refractivity contribution in [2.45, 2.75) is 35.9 Å². The third-order valence-corrected chi connectivity index (χ3v) is 10.1. The number of carbonyl (C=O) groups is 1. The van der Waals surface area contributed by atoms with Crippen LogP contribution in [0, 0.1) is 0 Å². The summed E-state index contributed by atoms with van der Waals surface area (Å²) >= 11 is 0. The van der Waals surface area contributed by atoms with Crippen molar-refractivity contribution in [1.82, 2.24) is 4.90 Å². The second kappa shape index (κ2) is 13.4. The van der Waals surface area contributed by atoms with Gasteiger partial charge in [0.2, 0.25) is 5.90 Å². The molecule has 0 fully saturated rings.